The van der Waals surface area contributed by atoms with Gasteiger partial charge in [-0.3, -0.25) is 0 Å². The molecule has 0 aliphatic carbocycles. The summed E-state index contributed by atoms with van der Waals surface area (Å²) in [5.74, 6) is 0. The molecule has 0 unspecified atom stereocenters. The van der Waals surface area contributed by atoms with Gasteiger partial charge in [0.25, 0.3) is 0 Å². The molecule has 21 heavy (non-hydrogen) atoms. The Labute approximate surface area is 133 Å². The van der Waals surface area contributed by atoms with Crippen molar-refractivity contribution in [2.75, 3.05) is 6.54 Å². The van der Waals surface area contributed by atoms with Gasteiger partial charge in [0, 0.05) is 11.0 Å². The van der Waals surface area contributed by atoms with E-state index < -0.39 is 10.0 Å². The average Bonchev–Trinajstić information content (AvgIpc) is 2.48. The van der Waals surface area contributed by atoms with Crippen molar-refractivity contribution in [2.24, 2.45) is 0 Å². The maximum atomic E-state index is 12.3. The van der Waals surface area contributed by atoms with Crippen molar-refractivity contribution >= 4 is 26.0 Å². The zero-order chi connectivity index (χ0) is 15.3. The van der Waals surface area contributed by atoms with Crippen molar-refractivity contribution in [3.63, 3.8) is 0 Å². The number of nitrogens with one attached hydrogen (secondary N) is 1. The molecule has 0 spiro atoms. The molecule has 0 saturated carbocycles. The fraction of sp³-hybridized carbons (Fsp3) is 0.200. The molecular formula is C15H16BrNO3S. The highest BCUT2D eigenvalue weighted by atomic mass is 79.9. The second-order valence-corrected chi connectivity index (χ2v) is 7.15. The second-order valence-electron chi connectivity index (χ2n) is 4.56. The third-order valence-electron chi connectivity index (χ3n) is 3.02. The lowest BCUT2D eigenvalue weighted by atomic mass is 10.2. The van der Waals surface area contributed by atoms with Crippen molar-refractivity contribution in [3.05, 3.63) is 64.1 Å². The molecule has 2 rings (SSSR count). The number of aliphatic hydroxyl groups is 1. The number of sulfonamides is 1. The molecule has 112 valence electrons. The molecule has 0 aliphatic rings. The minimum Gasteiger partial charge on any atom is -0.392 e. The van der Waals surface area contributed by atoms with Gasteiger partial charge >= 0.3 is 0 Å². The molecule has 0 aromatic heterocycles. The molecule has 0 heterocycles. The van der Waals surface area contributed by atoms with Crippen LogP contribution in [0.25, 0.3) is 0 Å². The summed E-state index contributed by atoms with van der Waals surface area (Å²) in [7, 11) is -3.60. The fourth-order valence-corrected chi connectivity index (χ4v) is 3.95. The van der Waals surface area contributed by atoms with Crippen molar-refractivity contribution in [1.29, 1.82) is 0 Å². The van der Waals surface area contributed by atoms with Crippen LogP contribution < -0.4 is 4.72 Å². The predicted octanol–water partition coefficient (Wildman–Crippen LogP) is 2.46. The van der Waals surface area contributed by atoms with Crippen LogP contribution in [0.3, 0.4) is 0 Å². The molecular weight excluding hydrogens is 354 g/mol. The second kappa shape index (κ2) is 7.17. The summed E-state index contributed by atoms with van der Waals surface area (Å²) in [6.45, 7) is 0.127. The Balaban J connectivity index is 2.08. The highest BCUT2D eigenvalue weighted by Crippen LogP contribution is 2.23. The van der Waals surface area contributed by atoms with Gasteiger partial charge < -0.3 is 5.11 Å². The number of benzene rings is 2. The topological polar surface area (TPSA) is 66.4 Å². The van der Waals surface area contributed by atoms with Crippen LogP contribution >= 0.6 is 15.9 Å². The summed E-state index contributed by atoms with van der Waals surface area (Å²) in [6.07, 6.45) is 0.622. The molecule has 0 radical (unpaired) electrons. The van der Waals surface area contributed by atoms with E-state index in [0.29, 0.717) is 23.0 Å². The van der Waals surface area contributed by atoms with Crippen LogP contribution in [-0.4, -0.2) is 20.1 Å². The number of rotatable bonds is 6. The summed E-state index contributed by atoms with van der Waals surface area (Å²) < 4.78 is 27.6. The standard InChI is InChI=1S/C15H16BrNO3S/c16-14-7-6-13(11-18)10-15(14)21(19,20)17-9-8-12-4-2-1-3-5-12/h1-7,10,17-18H,8-9,11H2. The quantitative estimate of drug-likeness (QED) is 0.821. The van der Waals surface area contributed by atoms with E-state index in [9.17, 15) is 8.42 Å². The minimum atomic E-state index is -3.60. The van der Waals surface area contributed by atoms with Crippen LogP contribution in [0.2, 0.25) is 0 Å². The van der Waals surface area contributed by atoms with Gasteiger partial charge in [-0.25, -0.2) is 13.1 Å². The Morgan fingerprint density at radius 1 is 1.05 bits per heavy atom. The highest BCUT2D eigenvalue weighted by molar-refractivity contribution is 9.10. The van der Waals surface area contributed by atoms with Crippen LogP contribution in [0.5, 0.6) is 0 Å². The van der Waals surface area contributed by atoms with Crippen LogP contribution in [-0.2, 0) is 23.1 Å². The zero-order valence-corrected chi connectivity index (χ0v) is 13.7. The highest BCUT2D eigenvalue weighted by Gasteiger charge is 2.17. The first kappa shape index (κ1) is 16.2. The maximum absolute atomic E-state index is 12.3. The lowest BCUT2D eigenvalue weighted by Crippen LogP contribution is -2.26. The molecule has 6 heteroatoms. The molecule has 2 aromatic carbocycles. The third-order valence-corrected chi connectivity index (χ3v) is 5.47. The molecule has 0 saturated heterocycles. The summed E-state index contributed by atoms with van der Waals surface area (Å²) in [4.78, 5) is 0.141. The van der Waals surface area contributed by atoms with Crippen LogP contribution in [0.4, 0.5) is 0 Å². The SMILES string of the molecule is O=S(=O)(NCCc1ccccc1)c1cc(CO)ccc1Br. The summed E-state index contributed by atoms with van der Waals surface area (Å²) in [6, 6.07) is 14.4. The summed E-state index contributed by atoms with van der Waals surface area (Å²) in [5, 5.41) is 9.11. The van der Waals surface area contributed by atoms with Gasteiger partial charge in [0.15, 0.2) is 0 Å². The van der Waals surface area contributed by atoms with E-state index in [2.05, 4.69) is 20.7 Å². The van der Waals surface area contributed by atoms with E-state index in [1.54, 1.807) is 12.1 Å². The van der Waals surface area contributed by atoms with Gasteiger partial charge in [-0.05, 0) is 45.6 Å². The number of hydrogen-bond donors (Lipinski definition) is 2. The Bertz CT molecular complexity index is 702. The normalized spacial score (nSPS) is 11.5. The largest absolute Gasteiger partial charge is 0.392 e. The van der Waals surface area contributed by atoms with Crippen LogP contribution in [0.1, 0.15) is 11.1 Å². The van der Waals surface area contributed by atoms with E-state index in [0.717, 1.165) is 5.56 Å². The van der Waals surface area contributed by atoms with E-state index >= 15 is 0 Å². The molecule has 0 bridgehead atoms. The Morgan fingerprint density at radius 3 is 2.43 bits per heavy atom. The first-order chi connectivity index (χ1) is 10.0. The Kier molecular flexibility index (Phi) is 5.52. The molecule has 0 fully saturated rings. The zero-order valence-electron chi connectivity index (χ0n) is 11.3. The lowest BCUT2D eigenvalue weighted by molar-refractivity contribution is 0.281. The first-order valence-corrected chi connectivity index (χ1v) is 8.73. The average molecular weight is 370 g/mol. The smallest absolute Gasteiger partial charge is 0.241 e. The summed E-state index contributed by atoms with van der Waals surface area (Å²) in [5.41, 5.74) is 1.63. The van der Waals surface area contributed by atoms with Gasteiger partial charge in [0.1, 0.15) is 0 Å². The monoisotopic (exact) mass is 369 g/mol. The number of hydrogen-bond acceptors (Lipinski definition) is 3. The molecule has 2 aromatic rings. The van der Waals surface area contributed by atoms with Crippen LogP contribution in [0, 0.1) is 0 Å². The Hall–Kier alpha value is -1.21. The van der Waals surface area contributed by atoms with Gasteiger partial charge in [-0.1, -0.05) is 36.4 Å². The molecule has 2 N–H and O–H groups in total. The van der Waals surface area contributed by atoms with Crippen molar-refractivity contribution in [1.82, 2.24) is 4.72 Å². The lowest BCUT2D eigenvalue weighted by Gasteiger charge is -2.10. The summed E-state index contributed by atoms with van der Waals surface area (Å²) >= 11 is 3.23. The first-order valence-electron chi connectivity index (χ1n) is 6.46. The van der Waals surface area contributed by atoms with Crippen molar-refractivity contribution < 1.29 is 13.5 Å². The molecule has 0 atom stereocenters. The van der Waals surface area contributed by atoms with E-state index in [1.165, 1.54) is 6.07 Å². The molecule has 4 nitrogen and oxygen atoms in total. The maximum Gasteiger partial charge on any atom is 0.241 e. The van der Waals surface area contributed by atoms with E-state index in [-0.39, 0.29) is 11.5 Å². The Morgan fingerprint density at radius 2 is 1.76 bits per heavy atom. The third kappa shape index (κ3) is 4.38. The number of halogens is 1. The van der Waals surface area contributed by atoms with Crippen molar-refractivity contribution in [3.8, 4) is 0 Å². The van der Waals surface area contributed by atoms with Gasteiger partial charge in [0.2, 0.25) is 10.0 Å². The minimum absolute atomic E-state index is 0.141. The number of aliphatic hydroxyl groups excluding tert-OH is 1. The van der Waals surface area contributed by atoms with Gasteiger partial charge in [-0.15, -0.1) is 0 Å². The fourth-order valence-electron chi connectivity index (χ4n) is 1.90. The molecule has 0 amide bonds. The van der Waals surface area contributed by atoms with Crippen molar-refractivity contribution in [2.45, 2.75) is 17.9 Å². The van der Waals surface area contributed by atoms with E-state index in [4.69, 9.17) is 5.11 Å². The van der Waals surface area contributed by atoms with Gasteiger partial charge in [0.05, 0.1) is 11.5 Å². The van der Waals surface area contributed by atoms with Crippen LogP contribution in [0.15, 0.2) is 57.9 Å². The van der Waals surface area contributed by atoms with E-state index in [1.807, 2.05) is 30.3 Å². The van der Waals surface area contributed by atoms with Gasteiger partial charge in [-0.2, -0.15) is 0 Å². The predicted molar refractivity (Wildman–Crippen MR) is 85.4 cm³/mol. The molecule has 0 aliphatic heterocycles.